The van der Waals surface area contributed by atoms with Gasteiger partial charge in [0.15, 0.2) is 11.1 Å². The first-order valence-corrected chi connectivity index (χ1v) is 10.8. The number of non-ortho nitro benzene ring substituents is 1. The lowest BCUT2D eigenvalue weighted by molar-refractivity contribution is -0.385. The van der Waals surface area contributed by atoms with E-state index in [1.54, 1.807) is 24.3 Å². The Morgan fingerprint density at radius 3 is 2.56 bits per heavy atom. The normalized spacial score (nSPS) is 14.7. The Morgan fingerprint density at radius 1 is 1.09 bits per heavy atom. The van der Waals surface area contributed by atoms with Crippen LogP contribution in [0.15, 0.2) is 64.3 Å². The minimum Gasteiger partial charge on any atom is -0.455 e. The summed E-state index contributed by atoms with van der Waals surface area (Å²) in [5, 5.41) is 11.0. The summed E-state index contributed by atoms with van der Waals surface area (Å²) in [6, 6.07) is 13.7. The minimum atomic E-state index is -2.51. The van der Waals surface area contributed by atoms with E-state index in [9.17, 15) is 23.7 Å². The summed E-state index contributed by atoms with van der Waals surface area (Å²) in [5.74, 6) is 0.304. The molecule has 0 saturated carbocycles. The smallest absolute Gasteiger partial charge is 0.271 e. The molecule has 2 heterocycles. The summed E-state index contributed by atoms with van der Waals surface area (Å²) in [5.41, 5.74) is 1.18. The summed E-state index contributed by atoms with van der Waals surface area (Å²) in [7, 11) is 0. The first kappa shape index (κ1) is 21.7. The quantitative estimate of drug-likeness (QED) is 0.327. The SMILES string of the molecule is O=c1cc(N2CCOCC2)cc(-c2ccccc2Oc2ccc([N+](=O)[O-])cc2S(=O)O)[nH]1. The van der Waals surface area contributed by atoms with Crippen molar-refractivity contribution < 1.29 is 23.2 Å². The number of rotatable bonds is 6. The van der Waals surface area contributed by atoms with Crippen molar-refractivity contribution in [1.82, 2.24) is 4.98 Å². The number of nitrogens with one attached hydrogen (secondary N) is 1. The van der Waals surface area contributed by atoms with Crippen LogP contribution in [-0.2, 0) is 15.8 Å². The Labute approximate surface area is 184 Å². The first-order valence-electron chi connectivity index (χ1n) is 9.66. The van der Waals surface area contributed by atoms with E-state index >= 15 is 0 Å². The average molecular weight is 457 g/mol. The number of hydrogen-bond donors (Lipinski definition) is 2. The summed E-state index contributed by atoms with van der Waals surface area (Å²) in [4.78, 5) is 27.3. The molecule has 2 N–H and O–H groups in total. The van der Waals surface area contributed by atoms with Crippen molar-refractivity contribution in [2.45, 2.75) is 4.90 Å². The number of anilines is 1. The van der Waals surface area contributed by atoms with Gasteiger partial charge < -0.3 is 23.9 Å². The summed E-state index contributed by atoms with van der Waals surface area (Å²) >= 11 is -2.51. The number of pyridine rings is 1. The lowest BCUT2D eigenvalue weighted by atomic mass is 10.1. The number of benzene rings is 2. The van der Waals surface area contributed by atoms with Gasteiger partial charge in [0.05, 0.1) is 23.8 Å². The standard InChI is InChI=1S/C21H19N3O7S/c25-21-13-15(23-7-9-30-10-8-23)11-17(22-21)16-3-1-2-4-18(16)31-19-6-5-14(24(26)27)12-20(19)32(28)29/h1-6,11-13H,7-10H2,(H,22,25)(H,28,29). The number of morpholine rings is 1. The minimum absolute atomic E-state index is 0.00411. The fourth-order valence-corrected chi connectivity index (χ4v) is 3.91. The van der Waals surface area contributed by atoms with Gasteiger partial charge in [0.25, 0.3) is 5.69 Å². The highest BCUT2D eigenvalue weighted by Gasteiger charge is 2.19. The molecule has 1 aliphatic heterocycles. The van der Waals surface area contributed by atoms with Crippen LogP contribution in [0.4, 0.5) is 11.4 Å². The van der Waals surface area contributed by atoms with Crippen molar-refractivity contribution in [3.63, 3.8) is 0 Å². The van der Waals surface area contributed by atoms with Crippen LogP contribution in [0.1, 0.15) is 0 Å². The fraction of sp³-hybridized carbons (Fsp3) is 0.190. The van der Waals surface area contributed by atoms with E-state index in [0.29, 0.717) is 43.3 Å². The lowest BCUT2D eigenvalue weighted by Crippen LogP contribution is -2.36. The average Bonchev–Trinajstić information content (AvgIpc) is 2.79. The molecular weight excluding hydrogens is 438 g/mol. The highest BCUT2D eigenvalue weighted by Crippen LogP contribution is 2.36. The van der Waals surface area contributed by atoms with Crippen LogP contribution in [-0.4, -0.2) is 45.0 Å². The van der Waals surface area contributed by atoms with Gasteiger partial charge >= 0.3 is 0 Å². The molecule has 1 unspecified atom stereocenters. The van der Waals surface area contributed by atoms with Crippen LogP contribution < -0.4 is 15.2 Å². The van der Waals surface area contributed by atoms with Gasteiger partial charge in [-0.2, -0.15) is 0 Å². The molecule has 3 aromatic rings. The molecule has 1 saturated heterocycles. The van der Waals surface area contributed by atoms with E-state index in [0.717, 1.165) is 11.8 Å². The van der Waals surface area contributed by atoms with Crippen molar-refractivity contribution in [3.05, 3.63) is 75.1 Å². The monoisotopic (exact) mass is 457 g/mol. The molecule has 1 fully saturated rings. The highest BCUT2D eigenvalue weighted by atomic mass is 32.2. The Bertz CT molecular complexity index is 1240. The molecule has 2 aromatic carbocycles. The maximum atomic E-state index is 12.4. The van der Waals surface area contributed by atoms with Crippen molar-refractivity contribution in [3.8, 4) is 22.8 Å². The van der Waals surface area contributed by atoms with Crippen molar-refractivity contribution >= 4 is 22.5 Å². The number of aromatic amines is 1. The second kappa shape index (κ2) is 9.30. The number of hydrogen-bond acceptors (Lipinski definition) is 7. The Balaban J connectivity index is 1.74. The number of H-pyrrole nitrogens is 1. The largest absolute Gasteiger partial charge is 0.455 e. The van der Waals surface area contributed by atoms with Crippen LogP contribution in [0.2, 0.25) is 0 Å². The molecular formula is C21H19N3O7S. The van der Waals surface area contributed by atoms with Gasteiger partial charge in [-0.25, -0.2) is 4.21 Å². The second-order valence-corrected chi connectivity index (χ2v) is 7.89. The zero-order chi connectivity index (χ0) is 22.7. The van der Waals surface area contributed by atoms with Crippen LogP contribution in [0.25, 0.3) is 11.3 Å². The molecule has 0 radical (unpaired) electrons. The second-order valence-electron chi connectivity index (χ2n) is 6.95. The third-order valence-corrected chi connectivity index (χ3v) is 5.62. The summed E-state index contributed by atoms with van der Waals surface area (Å²) in [6.07, 6.45) is 0. The molecule has 0 spiro atoms. The molecule has 0 amide bonds. The molecule has 1 aromatic heterocycles. The van der Waals surface area contributed by atoms with E-state index in [2.05, 4.69) is 9.88 Å². The van der Waals surface area contributed by atoms with Crippen molar-refractivity contribution in [2.75, 3.05) is 31.2 Å². The molecule has 1 atom stereocenters. The van der Waals surface area contributed by atoms with Crippen molar-refractivity contribution in [1.29, 1.82) is 0 Å². The van der Waals surface area contributed by atoms with Gasteiger partial charge in [-0.05, 0) is 24.3 Å². The number of nitrogens with zero attached hydrogens (tertiary/aromatic N) is 2. The third kappa shape index (κ3) is 4.69. The molecule has 11 heteroatoms. The van der Waals surface area contributed by atoms with E-state index in [-0.39, 0.29) is 21.9 Å². The molecule has 0 aliphatic carbocycles. The summed E-state index contributed by atoms with van der Waals surface area (Å²) in [6.45, 7) is 2.47. The molecule has 32 heavy (non-hydrogen) atoms. The molecule has 1 aliphatic rings. The van der Waals surface area contributed by atoms with Gasteiger partial charge in [0, 0.05) is 42.5 Å². The Hall–Kier alpha value is -3.54. The van der Waals surface area contributed by atoms with Crippen molar-refractivity contribution in [2.24, 2.45) is 0 Å². The topological polar surface area (TPSA) is 135 Å². The number of nitro groups is 1. The van der Waals surface area contributed by atoms with E-state index in [4.69, 9.17) is 9.47 Å². The van der Waals surface area contributed by atoms with E-state index < -0.39 is 16.0 Å². The van der Waals surface area contributed by atoms with E-state index in [1.807, 2.05) is 6.07 Å². The van der Waals surface area contributed by atoms with Gasteiger partial charge in [-0.3, -0.25) is 14.9 Å². The Kier molecular flexibility index (Phi) is 6.30. The lowest BCUT2D eigenvalue weighted by Gasteiger charge is -2.29. The number of para-hydroxylation sites is 1. The number of nitro benzene ring substituents is 1. The van der Waals surface area contributed by atoms with Gasteiger partial charge in [-0.15, -0.1) is 0 Å². The van der Waals surface area contributed by atoms with Gasteiger partial charge in [0.1, 0.15) is 16.4 Å². The van der Waals surface area contributed by atoms with Crippen LogP contribution in [0, 0.1) is 10.1 Å². The fourth-order valence-electron chi connectivity index (χ4n) is 3.41. The van der Waals surface area contributed by atoms with Crippen LogP contribution in [0.3, 0.4) is 0 Å². The number of aromatic nitrogens is 1. The predicted octanol–water partition coefficient (Wildman–Crippen LogP) is 3.16. The zero-order valence-corrected chi connectivity index (χ0v) is 17.5. The molecule has 10 nitrogen and oxygen atoms in total. The predicted molar refractivity (Wildman–Crippen MR) is 118 cm³/mol. The zero-order valence-electron chi connectivity index (χ0n) is 16.7. The molecule has 0 bridgehead atoms. The van der Waals surface area contributed by atoms with Crippen LogP contribution >= 0.6 is 0 Å². The maximum Gasteiger partial charge on any atom is 0.271 e. The molecule has 166 valence electrons. The number of ether oxygens (including phenoxy) is 2. The first-order chi connectivity index (χ1) is 15.4. The van der Waals surface area contributed by atoms with Gasteiger partial charge in [-0.1, -0.05) is 12.1 Å². The maximum absolute atomic E-state index is 12.4. The van der Waals surface area contributed by atoms with E-state index in [1.165, 1.54) is 18.2 Å². The Morgan fingerprint density at radius 2 is 1.84 bits per heavy atom. The summed E-state index contributed by atoms with van der Waals surface area (Å²) < 4.78 is 32.6. The molecule has 4 rings (SSSR count). The van der Waals surface area contributed by atoms with Gasteiger partial charge in [0.2, 0.25) is 5.56 Å². The highest BCUT2D eigenvalue weighted by molar-refractivity contribution is 7.79. The third-order valence-electron chi connectivity index (χ3n) is 4.93. The van der Waals surface area contributed by atoms with Crippen LogP contribution in [0.5, 0.6) is 11.5 Å².